The van der Waals surface area contributed by atoms with Crippen molar-refractivity contribution in [1.29, 1.82) is 0 Å². The van der Waals surface area contributed by atoms with E-state index in [4.69, 9.17) is 9.52 Å². The van der Waals surface area contributed by atoms with Crippen molar-refractivity contribution in [2.45, 2.75) is 27.7 Å². The van der Waals surface area contributed by atoms with Crippen molar-refractivity contribution in [3.8, 4) is 11.3 Å². The molecule has 0 amide bonds. The molecule has 0 saturated carbocycles. The van der Waals surface area contributed by atoms with Crippen molar-refractivity contribution in [3.05, 3.63) is 83.9 Å². The number of hydrogen-bond donors (Lipinski definition) is 1. The van der Waals surface area contributed by atoms with Gasteiger partial charge in [0, 0.05) is 37.3 Å². The molecule has 2 heterocycles. The van der Waals surface area contributed by atoms with Crippen LogP contribution in [0.1, 0.15) is 25.0 Å². The van der Waals surface area contributed by atoms with Gasteiger partial charge in [0.2, 0.25) is 0 Å². The minimum absolute atomic E-state index is 0. The van der Waals surface area contributed by atoms with E-state index in [1.807, 2.05) is 19.1 Å². The Kier molecular flexibility index (Phi) is 7.42. The summed E-state index contributed by atoms with van der Waals surface area (Å²) >= 11 is 0. The summed E-state index contributed by atoms with van der Waals surface area (Å²) in [6.07, 6.45) is 2.77. The van der Waals surface area contributed by atoms with Gasteiger partial charge in [-0.2, -0.15) is 0 Å². The van der Waals surface area contributed by atoms with Crippen LogP contribution in [0.15, 0.2) is 71.1 Å². The van der Waals surface area contributed by atoms with Gasteiger partial charge in [0.15, 0.2) is 5.78 Å². The molecule has 0 aliphatic heterocycles. The quantitative estimate of drug-likeness (QED) is 0.137. The van der Waals surface area contributed by atoms with Gasteiger partial charge in [-0.25, -0.2) is 4.98 Å². The number of furan rings is 1. The van der Waals surface area contributed by atoms with Crippen LogP contribution in [0.2, 0.25) is 0 Å². The molecule has 0 bridgehead atoms. The zero-order valence-electron chi connectivity index (χ0n) is 18.8. The number of benzene rings is 3. The molecule has 0 spiro atoms. The molecule has 5 nitrogen and oxygen atoms in total. The summed E-state index contributed by atoms with van der Waals surface area (Å²) in [6.45, 7) is 6.97. The van der Waals surface area contributed by atoms with Crippen LogP contribution in [0.5, 0.6) is 0 Å². The van der Waals surface area contributed by atoms with Crippen molar-refractivity contribution < 1.29 is 34.4 Å². The van der Waals surface area contributed by atoms with Crippen LogP contribution < -0.4 is 0 Å². The normalized spacial score (nSPS) is 11.2. The van der Waals surface area contributed by atoms with Gasteiger partial charge >= 0.3 is 0 Å². The number of aryl methyl sites for hydroxylation is 2. The van der Waals surface area contributed by atoms with E-state index in [1.165, 1.54) is 30.9 Å². The summed E-state index contributed by atoms with van der Waals surface area (Å²) in [5.41, 5.74) is 6.39. The molecule has 0 fully saturated rings. The van der Waals surface area contributed by atoms with Crippen LogP contribution in [0.3, 0.4) is 0 Å². The fourth-order valence-electron chi connectivity index (χ4n) is 3.77. The van der Waals surface area contributed by atoms with Crippen molar-refractivity contribution in [2.24, 2.45) is 0 Å². The average Bonchev–Trinajstić information content (AvgIpc) is 3.08. The van der Waals surface area contributed by atoms with E-state index >= 15 is 0 Å². The zero-order chi connectivity index (χ0) is 22.8. The Morgan fingerprint density at radius 2 is 1.73 bits per heavy atom. The minimum atomic E-state index is -0.125. The van der Waals surface area contributed by atoms with E-state index in [0.717, 1.165) is 38.7 Å². The minimum Gasteiger partial charge on any atom is -0.512 e. The molecule has 0 aliphatic rings. The number of rotatable bonds is 2. The first-order valence-electron chi connectivity index (χ1n) is 10.3. The smallest absolute Gasteiger partial charge is 0.155 e. The standard InChI is InChI=1S/C22H15N2O.C5H8O2.Ir/c1-13-7-14(2)9-17(8-13)20-22-21(24-12-23-20)18-10-15-5-3-4-6-16(15)11-19(18)25-22;1-4(6)3-5(2)7;/h3-8,10-12H,1-2H3;3,6H,1-2H3;/q-1;;/b;4-3-;. The second kappa shape index (κ2) is 10.1. The Balaban J connectivity index is 0.000000337. The van der Waals surface area contributed by atoms with E-state index in [2.05, 4.69) is 59.4 Å². The largest absolute Gasteiger partial charge is 0.512 e. The van der Waals surface area contributed by atoms with Gasteiger partial charge in [0.05, 0.1) is 5.76 Å². The second-order valence-corrected chi connectivity index (χ2v) is 7.85. The number of aromatic nitrogens is 2. The molecular weight excluding hydrogens is 593 g/mol. The number of aliphatic hydroxyl groups excluding tert-OH is 1. The first-order valence-corrected chi connectivity index (χ1v) is 10.3. The number of carbonyl (C=O) groups excluding carboxylic acids is 1. The maximum absolute atomic E-state index is 10.0. The van der Waals surface area contributed by atoms with Gasteiger partial charge in [0.25, 0.3) is 0 Å². The molecular formula is C27H23IrN2O3-. The van der Waals surface area contributed by atoms with Gasteiger partial charge in [0.1, 0.15) is 23.0 Å². The predicted octanol–water partition coefficient (Wildman–Crippen LogP) is 6.65. The maximum atomic E-state index is 10.0. The third-order valence-corrected chi connectivity index (χ3v) is 4.93. The molecule has 0 unspecified atom stereocenters. The van der Waals surface area contributed by atoms with Crippen LogP contribution in [0.25, 0.3) is 44.1 Å². The van der Waals surface area contributed by atoms with E-state index in [9.17, 15) is 4.79 Å². The zero-order valence-corrected chi connectivity index (χ0v) is 21.2. The van der Waals surface area contributed by atoms with Gasteiger partial charge in [-0.05, 0) is 36.8 Å². The summed E-state index contributed by atoms with van der Waals surface area (Å²) in [5.74, 6) is -0.0625. The first kappa shape index (κ1) is 24.3. The summed E-state index contributed by atoms with van der Waals surface area (Å²) in [6, 6.07) is 20.0. The summed E-state index contributed by atoms with van der Waals surface area (Å²) < 4.78 is 6.18. The monoisotopic (exact) mass is 616 g/mol. The maximum Gasteiger partial charge on any atom is 0.155 e. The molecule has 1 radical (unpaired) electrons. The molecule has 0 saturated heterocycles. The molecule has 33 heavy (non-hydrogen) atoms. The van der Waals surface area contributed by atoms with Crippen LogP contribution in [-0.2, 0) is 24.9 Å². The predicted molar refractivity (Wildman–Crippen MR) is 128 cm³/mol. The van der Waals surface area contributed by atoms with E-state index < -0.39 is 0 Å². The van der Waals surface area contributed by atoms with Crippen molar-refractivity contribution in [1.82, 2.24) is 9.97 Å². The molecule has 1 N–H and O–H groups in total. The van der Waals surface area contributed by atoms with Crippen molar-refractivity contribution in [3.63, 3.8) is 0 Å². The summed E-state index contributed by atoms with van der Waals surface area (Å²) in [7, 11) is 0. The molecule has 169 valence electrons. The Bertz CT molecular complexity index is 1480. The van der Waals surface area contributed by atoms with E-state index in [-0.39, 0.29) is 31.6 Å². The summed E-state index contributed by atoms with van der Waals surface area (Å²) in [4.78, 5) is 19.0. The fourth-order valence-corrected chi connectivity index (χ4v) is 3.77. The first-order chi connectivity index (χ1) is 15.3. The van der Waals surface area contributed by atoms with Crippen LogP contribution in [0.4, 0.5) is 0 Å². The number of hydrogen-bond acceptors (Lipinski definition) is 5. The number of ketones is 1. The topological polar surface area (TPSA) is 76.2 Å². The Hall–Kier alpha value is -3.34. The number of carbonyl (C=O) groups is 1. The number of aliphatic hydroxyl groups is 1. The fraction of sp³-hybridized carbons (Fsp3) is 0.148. The Labute approximate surface area is 205 Å². The molecule has 3 aromatic carbocycles. The van der Waals surface area contributed by atoms with Crippen molar-refractivity contribution >= 4 is 38.6 Å². The summed E-state index contributed by atoms with van der Waals surface area (Å²) in [5, 5.41) is 11.7. The third kappa shape index (κ3) is 5.36. The molecule has 5 aromatic rings. The molecule has 2 aromatic heterocycles. The van der Waals surface area contributed by atoms with Crippen LogP contribution in [0, 0.1) is 19.9 Å². The van der Waals surface area contributed by atoms with Gasteiger partial charge in [-0.15, -0.1) is 34.9 Å². The molecule has 0 aliphatic carbocycles. The average molecular weight is 616 g/mol. The van der Waals surface area contributed by atoms with Gasteiger partial charge < -0.3 is 9.52 Å². The Morgan fingerprint density at radius 3 is 2.33 bits per heavy atom. The van der Waals surface area contributed by atoms with E-state index in [1.54, 1.807) is 6.33 Å². The molecule has 0 atom stereocenters. The SMILES string of the molecule is CC(=O)/C=C(/C)O.Cc1[c-]c(-c2ncnc3c2oc2cc4ccccc4cc23)cc(C)c1.[Ir]. The van der Waals surface area contributed by atoms with E-state index in [0.29, 0.717) is 5.58 Å². The number of allylic oxidation sites excluding steroid dienone is 2. The molecule has 5 rings (SSSR count). The number of nitrogens with zero attached hydrogens (tertiary/aromatic N) is 2. The third-order valence-electron chi connectivity index (χ3n) is 4.93. The van der Waals surface area contributed by atoms with Crippen LogP contribution in [-0.4, -0.2) is 20.9 Å². The number of fused-ring (bicyclic) bond motifs is 4. The second-order valence-electron chi connectivity index (χ2n) is 7.85. The van der Waals surface area contributed by atoms with Gasteiger partial charge in [-0.1, -0.05) is 38.1 Å². The van der Waals surface area contributed by atoms with Crippen molar-refractivity contribution in [2.75, 3.05) is 0 Å². The van der Waals surface area contributed by atoms with Gasteiger partial charge in [-0.3, -0.25) is 9.78 Å². The molecule has 6 heteroatoms. The van der Waals surface area contributed by atoms with Crippen LogP contribution >= 0.6 is 0 Å². The Morgan fingerprint density at radius 1 is 1.03 bits per heavy atom.